The summed E-state index contributed by atoms with van der Waals surface area (Å²) in [4.78, 5) is 12.8. The number of anilines is 1. The van der Waals surface area contributed by atoms with Crippen LogP contribution in [-0.4, -0.2) is 15.0 Å². The van der Waals surface area contributed by atoms with Gasteiger partial charge in [0.25, 0.3) is 0 Å². The highest BCUT2D eigenvalue weighted by Crippen LogP contribution is 2.33. The summed E-state index contributed by atoms with van der Waals surface area (Å²) in [7, 11) is 0. The molecule has 5 rings (SSSR count). The number of para-hydroxylation sites is 1. The molecule has 1 atom stereocenters. The quantitative estimate of drug-likeness (QED) is 0.516. The zero-order valence-electron chi connectivity index (χ0n) is 15.4. The van der Waals surface area contributed by atoms with Crippen LogP contribution in [0.15, 0.2) is 60.7 Å². The molecule has 134 valence electrons. The molecule has 1 aliphatic rings. The van der Waals surface area contributed by atoms with E-state index in [2.05, 4.69) is 74.9 Å². The van der Waals surface area contributed by atoms with Crippen LogP contribution in [0.4, 0.5) is 5.82 Å². The van der Waals surface area contributed by atoms with Gasteiger partial charge in [-0.15, -0.1) is 0 Å². The van der Waals surface area contributed by atoms with Gasteiger partial charge >= 0.3 is 0 Å². The second-order valence-corrected chi connectivity index (χ2v) is 7.24. The molecule has 2 aromatic heterocycles. The van der Waals surface area contributed by atoms with Crippen LogP contribution in [-0.2, 0) is 6.42 Å². The third-order valence-corrected chi connectivity index (χ3v) is 5.34. The second-order valence-electron chi connectivity index (χ2n) is 7.24. The molecule has 4 nitrogen and oxygen atoms in total. The Bertz CT molecular complexity index is 1080. The number of fused-ring (bicyclic) bond motifs is 2. The number of nitrogens with zero attached hydrogens (tertiary/aromatic N) is 2. The number of H-pyrrole nitrogens is 1. The third-order valence-electron chi connectivity index (χ3n) is 5.34. The van der Waals surface area contributed by atoms with Crippen molar-refractivity contribution in [3.8, 4) is 11.4 Å². The molecule has 0 aliphatic heterocycles. The van der Waals surface area contributed by atoms with Crippen LogP contribution in [0.2, 0.25) is 0 Å². The van der Waals surface area contributed by atoms with Gasteiger partial charge in [0.1, 0.15) is 11.6 Å². The van der Waals surface area contributed by atoms with Gasteiger partial charge in [-0.3, -0.25) is 0 Å². The molecule has 27 heavy (non-hydrogen) atoms. The molecule has 0 fully saturated rings. The fourth-order valence-electron chi connectivity index (χ4n) is 4.07. The van der Waals surface area contributed by atoms with Crippen LogP contribution in [0.25, 0.3) is 22.3 Å². The SMILES string of the molecule is Cc1nc(N[C@@H]2CCCc3ccccc32)cc(-c2cc3ccccc3[nH]2)n1. The number of aromatic nitrogens is 3. The van der Waals surface area contributed by atoms with Crippen LogP contribution >= 0.6 is 0 Å². The van der Waals surface area contributed by atoms with Crippen molar-refractivity contribution in [2.45, 2.75) is 32.2 Å². The van der Waals surface area contributed by atoms with Gasteiger partial charge in [-0.05, 0) is 49.4 Å². The van der Waals surface area contributed by atoms with Crippen LogP contribution in [0.1, 0.15) is 35.8 Å². The van der Waals surface area contributed by atoms with Crippen molar-refractivity contribution in [2.75, 3.05) is 5.32 Å². The van der Waals surface area contributed by atoms with E-state index < -0.39 is 0 Å². The van der Waals surface area contributed by atoms with Gasteiger partial charge in [-0.1, -0.05) is 42.5 Å². The van der Waals surface area contributed by atoms with E-state index in [1.807, 2.05) is 13.0 Å². The summed E-state index contributed by atoms with van der Waals surface area (Å²) in [5.74, 6) is 1.66. The van der Waals surface area contributed by atoms with Crippen molar-refractivity contribution in [1.29, 1.82) is 0 Å². The second kappa shape index (κ2) is 6.54. The highest BCUT2D eigenvalue weighted by atomic mass is 15.1. The smallest absolute Gasteiger partial charge is 0.130 e. The molecule has 0 radical (unpaired) electrons. The first-order valence-corrected chi connectivity index (χ1v) is 9.54. The maximum absolute atomic E-state index is 4.65. The van der Waals surface area contributed by atoms with E-state index in [1.54, 1.807) is 0 Å². The number of nitrogens with one attached hydrogen (secondary N) is 2. The van der Waals surface area contributed by atoms with E-state index in [9.17, 15) is 0 Å². The van der Waals surface area contributed by atoms with Crippen LogP contribution in [0.3, 0.4) is 0 Å². The number of benzene rings is 2. The highest BCUT2D eigenvalue weighted by molar-refractivity contribution is 5.85. The lowest BCUT2D eigenvalue weighted by Gasteiger charge is -2.27. The Hall–Kier alpha value is -3.14. The summed E-state index contributed by atoms with van der Waals surface area (Å²) in [6.45, 7) is 1.95. The van der Waals surface area contributed by atoms with E-state index in [4.69, 9.17) is 0 Å². The van der Waals surface area contributed by atoms with Gasteiger partial charge in [0, 0.05) is 17.0 Å². The number of aryl methyl sites for hydroxylation is 2. The van der Waals surface area contributed by atoms with Crippen molar-refractivity contribution < 1.29 is 0 Å². The maximum atomic E-state index is 4.65. The molecule has 0 bridgehead atoms. The fourth-order valence-corrected chi connectivity index (χ4v) is 4.07. The molecule has 4 aromatic rings. The van der Waals surface area contributed by atoms with Crippen LogP contribution < -0.4 is 5.32 Å². The van der Waals surface area contributed by atoms with E-state index >= 15 is 0 Å². The average Bonchev–Trinajstić information content (AvgIpc) is 3.12. The predicted octanol–water partition coefficient (Wildman–Crippen LogP) is 5.42. The molecular formula is C23H22N4. The largest absolute Gasteiger partial charge is 0.363 e. The Morgan fingerprint density at radius 2 is 1.85 bits per heavy atom. The van der Waals surface area contributed by atoms with Crippen molar-refractivity contribution in [2.24, 2.45) is 0 Å². The lowest BCUT2D eigenvalue weighted by Crippen LogP contribution is -2.18. The minimum Gasteiger partial charge on any atom is -0.363 e. The van der Waals surface area contributed by atoms with Crippen LogP contribution in [0.5, 0.6) is 0 Å². The van der Waals surface area contributed by atoms with Gasteiger partial charge in [0.2, 0.25) is 0 Å². The molecule has 0 unspecified atom stereocenters. The van der Waals surface area contributed by atoms with E-state index in [1.165, 1.54) is 22.9 Å². The minimum atomic E-state index is 0.305. The molecule has 0 spiro atoms. The zero-order chi connectivity index (χ0) is 18.2. The van der Waals surface area contributed by atoms with Crippen molar-refractivity contribution in [3.63, 3.8) is 0 Å². The number of hydrogen-bond donors (Lipinski definition) is 2. The molecule has 0 saturated carbocycles. The van der Waals surface area contributed by atoms with Crippen molar-refractivity contribution in [3.05, 3.63) is 77.6 Å². The Labute approximate surface area is 158 Å². The number of rotatable bonds is 3. The van der Waals surface area contributed by atoms with Crippen molar-refractivity contribution >= 4 is 16.7 Å². The fraction of sp³-hybridized carbons (Fsp3) is 0.217. The summed E-state index contributed by atoms with van der Waals surface area (Å²) >= 11 is 0. The Morgan fingerprint density at radius 3 is 2.78 bits per heavy atom. The normalized spacial score (nSPS) is 16.3. The van der Waals surface area contributed by atoms with Gasteiger partial charge < -0.3 is 10.3 Å². The standard InChI is InChI=1S/C23H22N4/c1-15-24-22(21-13-17-8-3-5-11-19(17)26-21)14-23(25-15)27-20-12-6-9-16-7-2-4-10-18(16)20/h2-5,7-8,10-11,13-14,20,26H,6,9,12H2,1H3,(H,24,25,27)/t20-/m1/s1. The summed E-state index contributed by atoms with van der Waals surface area (Å²) < 4.78 is 0. The molecule has 2 N–H and O–H groups in total. The lowest BCUT2D eigenvalue weighted by atomic mass is 9.88. The molecule has 2 aromatic carbocycles. The molecule has 0 saturated heterocycles. The lowest BCUT2D eigenvalue weighted by molar-refractivity contribution is 0.598. The topological polar surface area (TPSA) is 53.6 Å². The first-order valence-electron chi connectivity index (χ1n) is 9.54. The Morgan fingerprint density at radius 1 is 1.00 bits per heavy atom. The van der Waals surface area contributed by atoms with Gasteiger partial charge in [-0.25, -0.2) is 9.97 Å². The number of hydrogen-bond acceptors (Lipinski definition) is 3. The summed E-state index contributed by atoms with van der Waals surface area (Å²) in [5.41, 5.74) is 5.91. The first kappa shape index (κ1) is 16.1. The zero-order valence-corrected chi connectivity index (χ0v) is 15.4. The predicted molar refractivity (Wildman–Crippen MR) is 110 cm³/mol. The summed E-state index contributed by atoms with van der Waals surface area (Å²) in [5, 5.41) is 4.85. The van der Waals surface area contributed by atoms with Gasteiger partial charge in [0.15, 0.2) is 0 Å². The van der Waals surface area contributed by atoms with E-state index in [-0.39, 0.29) is 0 Å². The molecule has 1 aliphatic carbocycles. The number of aromatic amines is 1. The maximum Gasteiger partial charge on any atom is 0.130 e. The Kier molecular flexibility index (Phi) is 3.89. The molecule has 4 heteroatoms. The molecule has 2 heterocycles. The molecule has 0 amide bonds. The van der Waals surface area contributed by atoms with Gasteiger partial charge in [-0.2, -0.15) is 0 Å². The highest BCUT2D eigenvalue weighted by Gasteiger charge is 2.20. The first-order chi connectivity index (χ1) is 13.3. The Balaban J connectivity index is 1.49. The minimum absolute atomic E-state index is 0.305. The summed E-state index contributed by atoms with van der Waals surface area (Å²) in [6.07, 6.45) is 3.49. The third kappa shape index (κ3) is 3.08. The van der Waals surface area contributed by atoms with E-state index in [0.717, 1.165) is 41.4 Å². The van der Waals surface area contributed by atoms with Crippen molar-refractivity contribution in [1.82, 2.24) is 15.0 Å². The monoisotopic (exact) mass is 354 g/mol. The summed E-state index contributed by atoms with van der Waals surface area (Å²) in [6, 6.07) is 21.5. The van der Waals surface area contributed by atoms with Crippen LogP contribution in [0, 0.1) is 6.92 Å². The van der Waals surface area contributed by atoms with Gasteiger partial charge in [0.05, 0.1) is 17.4 Å². The average molecular weight is 354 g/mol. The molecular weight excluding hydrogens is 332 g/mol. The van der Waals surface area contributed by atoms with E-state index in [0.29, 0.717) is 6.04 Å².